The summed E-state index contributed by atoms with van der Waals surface area (Å²) in [4.78, 5) is 2.50. The quantitative estimate of drug-likeness (QED) is 0.687. The number of thiophene rings is 1. The van der Waals surface area contributed by atoms with Gasteiger partial charge in [-0.3, -0.25) is 4.90 Å². The van der Waals surface area contributed by atoms with Gasteiger partial charge in [-0.1, -0.05) is 0 Å². The van der Waals surface area contributed by atoms with Gasteiger partial charge in [0, 0.05) is 34.3 Å². The number of benzene rings is 1. The summed E-state index contributed by atoms with van der Waals surface area (Å²) in [5.74, 6) is 1.09. The smallest absolute Gasteiger partial charge is 0.149 e. The Hall–Kier alpha value is -2.18. The fourth-order valence-electron chi connectivity index (χ4n) is 3.84. The van der Waals surface area contributed by atoms with E-state index in [1.807, 2.05) is 36.6 Å². The van der Waals surface area contributed by atoms with Crippen LogP contribution in [-0.2, 0) is 0 Å². The first-order chi connectivity index (χ1) is 13.0. The summed E-state index contributed by atoms with van der Waals surface area (Å²) in [5, 5.41) is 25.9. The Kier molecular flexibility index (Phi) is 5.02. The van der Waals surface area contributed by atoms with Gasteiger partial charge in [-0.15, -0.1) is 21.5 Å². The first-order valence-corrected chi connectivity index (χ1v) is 10.5. The number of hydrogen-bond donors (Lipinski definition) is 2. The van der Waals surface area contributed by atoms with Crippen molar-refractivity contribution in [3.05, 3.63) is 35.2 Å². The molecule has 1 atom stereocenters. The van der Waals surface area contributed by atoms with Crippen molar-refractivity contribution in [1.82, 2.24) is 15.1 Å². The number of rotatable bonds is 4. The van der Waals surface area contributed by atoms with Crippen molar-refractivity contribution in [2.75, 3.05) is 18.4 Å². The number of likely N-dealkylation sites (tertiary alicyclic amines) is 1. The molecule has 27 heavy (non-hydrogen) atoms. The first kappa shape index (κ1) is 18.2. The Morgan fingerprint density at radius 1 is 1.26 bits per heavy atom. The van der Waals surface area contributed by atoms with Crippen LogP contribution in [0, 0.1) is 6.92 Å². The van der Waals surface area contributed by atoms with E-state index < -0.39 is 0 Å². The van der Waals surface area contributed by atoms with Crippen molar-refractivity contribution in [2.24, 2.45) is 0 Å². The van der Waals surface area contributed by atoms with E-state index in [0.29, 0.717) is 12.1 Å². The van der Waals surface area contributed by atoms with Crippen LogP contribution in [-0.4, -0.2) is 45.4 Å². The fraction of sp³-hybridized carbons (Fsp3) is 0.429. The van der Waals surface area contributed by atoms with Gasteiger partial charge in [0.15, 0.2) is 0 Å². The van der Waals surface area contributed by atoms with Gasteiger partial charge in [0.05, 0.1) is 5.69 Å². The third-order valence-corrected chi connectivity index (χ3v) is 6.26. The second-order valence-electron chi connectivity index (χ2n) is 7.63. The van der Waals surface area contributed by atoms with Crippen LogP contribution in [0.5, 0.6) is 5.75 Å². The summed E-state index contributed by atoms with van der Waals surface area (Å²) < 4.78 is 1.08. The van der Waals surface area contributed by atoms with Gasteiger partial charge in [-0.05, 0) is 75.4 Å². The topological polar surface area (TPSA) is 61.3 Å². The fourth-order valence-corrected chi connectivity index (χ4v) is 4.63. The summed E-state index contributed by atoms with van der Waals surface area (Å²) in [5.41, 5.74) is 2.48. The highest BCUT2D eigenvalue weighted by atomic mass is 32.1. The zero-order valence-corrected chi connectivity index (χ0v) is 16.9. The van der Waals surface area contributed by atoms with E-state index in [1.54, 1.807) is 11.3 Å². The van der Waals surface area contributed by atoms with Crippen molar-refractivity contribution in [3.63, 3.8) is 0 Å². The zero-order valence-electron chi connectivity index (χ0n) is 16.1. The number of hydrogen-bond acceptors (Lipinski definition) is 6. The molecule has 0 radical (unpaired) electrons. The second-order valence-corrected chi connectivity index (χ2v) is 8.58. The molecular formula is C21H26N4OS. The zero-order chi connectivity index (χ0) is 19.0. The molecular weight excluding hydrogens is 356 g/mol. The Bertz CT molecular complexity index is 953. The molecule has 0 aliphatic carbocycles. The summed E-state index contributed by atoms with van der Waals surface area (Å²) in [6, 6.07) is 8.91. The van der Waals surface area contributed by atoms with E-state index in [0.717, 1.165) is 45.7 Å². The summed E-state index contributed by atoms with van der Waals surface area (Å²) in [7, 11) is 0. The lowest BCUT2D eigenvalue weighted by Gasteiger charge is -2.35. The molecule has 3 heterocycles. The maximum absolute atomic E-state index is 10.6. The lowest BCUT2D eigenvalue weighted by molar-refractivity contribution is 0.174. The van der Waals surface area contributed by atoms with Crippen molar-refractivity contribution < 1.29 is 5.11 Å². The molecule has 6 heteroatoms. The lowest BCUT2D eigenvalue weighted by Crippen LogP contribution is -2.45. The molecule has 0 amide bonds. The monoisotopic (exact) mass is 382 g/mol. The minimum Gasteiger partial charge on any atom is -0.507 e. The molecule has 1 aliphatic heterocycles. The molecule has 2 aromatic heterocycles. The second kappa shape index (κ2) is 7.44. The van der Waals surface area contributed by atoms with Gasteiger partial charge in [0.25, 0.3) is 0 Å². The molecule has 0 bridgehead atoms. The standard InChI is InChI=1S/C21H26N4OS/c1-13(2)25-9-4-5-15(12-25)22-19-11-14(3)20(24-23-19)17-6-7-18-16(21(17)26)8-10-27-18/h6-8,10-11,13,15,26H,4-5,9,12H2,1-3H3,(H,22,23)/t15-/m1/s1. The molecule has 4 rings (SSSR count). The number of aryl methyl sites for hydroxylation is 1. The van der Waals surface area contributed by atoms with Crippen LogP contribution >= 0.6 is 11.3 Å². The van der Waals surface area contributed by atoms with Crippen LogP contribution in [0.4, 0.5) is 5.82 Å². The number of phenolic OH excluding ortho intramolecular Hbond substituents is 1. The van der Waals surface area contributed by atoms with Gasteiger partial charge in [0.2, 0.25) is 0 Å². The number of piperidine rings is 1. The third kappa shape index (κ3) is 3.64. The third-order valence-electron chi connectivity index (χ3n) is 5.38. The molecule has 0 spiro atoms. The average molecular weight is 383 g/mol. The van der Waals surface area contributed by atoms with Crippen LogP contribution in [0.3, 0.4) is 0 Å². The number of nitrogens with one attached hydrogen (secondary N) is 1. The number of aromatic hydroxyl groups is 1. The highest BCUT2D eigenvalue weighted by Gasteiger charge is 2.22. The Balaban J connectivity index is 1.56. The number of fused-ring (bicyclic) bond motifs is 1. The highest BCUT2D eigenvalue weighted by Crippen LogP contribution is 2.38. The number of nitrogens with zero attached hydrogens (tertiary/aromatic N) is 3. The molecule has 5 nitrogen and oxygen atoms in total. The van der Waals surface area contributed by atoms with Crippen LogP contribution in [0.25, 0.3) is 21.3 Å². The summed E-state index contributed by atoms with van der Waals surface area (Å²) in [6.45, 7) is 8.73. The molecule has 142 valence electrons. The number of aromatic nitrogens is 2. The minimum absolute atomic E-state index is 0.284. The molecule has 0 unspecified atom stereocenters. The predicted octanol–water partition coefficient (Wildman–Crippen LogP) is 4.66. The van der Waals surface area contributed by atoms with Crippen LogP contribution < -0.4 is 5.32 Å². The highest BCUT2D eigenvalue weighted by molar-refractivity contribution is 7.17. The van der Waals surface area contributed by atoms with E-state index in [1.165, 1.54) is 13.0 Å². The Morgan fingerprint density at radius 3 is 2.89 bits per heavy atom. The van der Waals surface area contributed by atoms with Crippen LogP contribution in [0.15, 0.2) is 29.6 Å². The SMILES string of the molecule is Cc1cc(N[C@@H]2CCCN(C(C)C)C2)nnc1-c1ccc2sccc2c1O. The molecule has 1 aliphatic rings. The largest absolute Gasteiger partial charge is 0.507 e. The molecule has 0 saturated carbocycles. The molecule has 2 N–H and O–H groups in total. The van der Waals surface area contributed by atoms with E-state index in [2.05, 4.69) is 34.3 Å². The van der Waals surface area contributed by atoms with Crippen molar-refractivity contribution in [2.45, 2.75) is 45.7 Å². The Morgan fingerprint density at radius 2 is 2.11 bits per heavy atom. The molecule has 1 aromatic carbocycles. The average Bonchev–Trinajstić information content (AvgIpc) is 3.13. The maximum Gasteiger partial charge on any atom is 0.149 e. The minimum atomic E-state index is 0.284. The van der Waals surface area contributed by atoms with E-state index in [9.17, 15) is 5.11 Å². The van der Waals surface area contributed by atoms with Gasteiger partial charge in [-0.2, -0.15) is 0 Å². The van der Waals surface area contributed by atoms with Gasteiger partial charge >= 0.3 is 0 Å². The van der Waals surface area contributed by atoms with Crippen LogP contribution in [0.1, 0.15) is 32.3 Å². The summed E-state index contributed by atoms with van der Waals surface area (Å²) in [6.07, 6.45) is 2.36. The van der Waals surface area contributed by atoms with Crippen LogP contribution in [0.2, 0.25) is 0 Å². The van der Waals surface area contributed by atoms with Gasteiger partial charge in [0.1, 0.15) is 11.6 Å². The van der Waals surface area contributed by atoms with Gasteiger partial charge in [-0.25, -0.2) is 0 Å². The lowest BCUT2D eigenvalue weighted by atomic mass is 10.0. The van der Waals surface area contributed by atoms with E-state index in [4.69, 9.17) is 0 Å². The van der Waals surface area contributed by atoms with Gasteiger partial charge < -0.3 is 10.4 Å². The van der Waals surface area contributed by atoms with E-state index in [-0.39, 0.29) is 5.75 Å². The number of phenols is 1. The van der Waals surface area contributed by atoms with Crippen molar-refractivity contribution in [3.8, 4) is 17.0 Å². The van der Waals surface area contributed by atoms with Crippen molar-refractivity contribution >= 4 is 27.2 Å². The van der Waals surface area contributed by atoms with E-state index >= 15 is 0 Å². The normalized spacial score (nSPS) is 18.3. The molecule has 3 aromatic rings. The number of anilines is 1. The van der Waals surface area contributed by atoms with Crippen molar-refractivity contribution in [1.29, 1.82) is 0 Å². The molecule has 1 fully saturated rings. The molecule has 1 saturated heterocycles. The summed E-state index contributed by atoms with van der Waals surface area (Å²) >= 11 is 1.62. The first-order valence-electron chi connectivity index (χ1n) is 9.57. The Labute approximate surface area is 164 Å². The predicted molar refractivity (Wildman–Crippen MR) is 113 cm³/mol. The maximum atomic E-state index is 10.6.